The van der Waals surface area contributed by atoms with Gasteiger partial charge in [-0.15, -0.1) is 0 Å². The Morgan fingerprint density at radius 1 is 0.950 bits per heavy atom. The van der Waals surface area contributed by atoms with E-state index in [4.69, 9.17) is 28.3 Å². The van der Waals surface area contributed by atoms with E-state index in [1.807, 2.05) is 53.4 Å². The molecule has 2 atom stereocenters. The van der Waals surface area contributed by atoms with Crippen molar-refractivity contribution < 1.29 is 9.72 Å². The van der Waals surface area contributed by atoms with Crippen molar-refractivity contribution in [2.75, 3.05) is 18.0 Å². The van der Waals surface area contributed by atoms with Crippen LogP contribution in [0.5, 0.6) is 0 Å². The number of carbonyl (C=O) groups excluding carboxylic acids is 1. The number of hydrogen-bond donors (Lipinski definition) is 0. The minimum absolute atomic E-state index is 0.00344. The van der Waals surface area contributed by atoms with E-state index in [2.05, 4.69) is 6.08 Å². The van der Waals surface area contributed by atoms with Crippen molar-refractivity contribution in [1.29, 1.82) is 0 Å². The number of nitrogens with zero attached hydrogens (tertiary/aromatic N) is 4. The Bertz CT molecular complexity index is 1510. The standard InChI is InChI=1S/C31H28Cl2N4O3/c32-24-11-6-20(7-12-24)18-22-4-3-5-26-29(22)34-36(30(26)21-8-13-25(33)14-9-21)31(38)23-10-15-27(28(19-23)37(39)40)35-16-1-2-17-35/h6-15,18-19,26,30H,1-5,16-17H2/b22-18-. The molecule has 0 bridgehead atoms. The number of halogens is 2. The molecule has 0 radical (unpaired) electrons. The summed E-state index contributed by atoms with van der Waals surface area (Å²) in [6.45, 7) is 1.55. The molecule has 7 nitrogen and oxygen atoms in total. The lowest BCUT2D eigenvalue weighted by Gasteiger charge is -2.29. The fraction of sp³-hybridized carbons (Fsp3) is 0.290. The van der Waals surface area contributed by atoms with E-state index in [9.17, 15) is 14.9 Å². The lowest BCUT2D eigenvalue weighted by molar-refractivity contribution is -0.384. The summed E-state index contributed by atoms with van der Waals surface area (Å²) in [6, 6.07) is 19.6. The fourth-order valence-electron chi connectivity index (χ4n) is 6.08. The molecule has 1 aliphatic carbocycles. The number of benzene rings is 3. The molecule has 1 saturated heterocycles. The molecule has 2 fully saturated rings. The molecular formula is C31H28Cl2N4O3. The number of hydrogen-bond acceptors (Lipinski definition) is 5. The van der Waals surface area contributed by atoms with Crippen molar-refractivity contribution in [1.82, 2.24) is 5.01 Å². The summed E-state index contributed by atoms with van der Waals surface area (Å²) in [5, 5.41) is 19.8. The first-order valence-electron chi connectivity index (χ1n) is 13.6. The van der Waals surface area contributed by atoms with Gasteiger partial charge in [-0.2, -0.15) is 5.10 Å². The third-order valence-electron chi connectivity index (χ3n) is 8.00. The number of carbonyl (C=O) groups is 1. The van der Waals surface area contributed by atoms with Gasteiger partial charge in [0.15, 0.2) is 0 Å². The first-order chi connectivity index (χ1) is 19.4. The van der Waals surface area contributed by atoms with Crippen molar-refractivity contribution in [3.05, 3.63) is 109 Å². The predicted octanol–water partition coefficient (Wildman–Crippen LogP) is 7.94. The highest BCUT2D eigenvalue weighted by Gasteiger charge is 2.44. The number of nitro groups is 1. The minimum Gasteiger partial charge on any atom is -0.366 e. The van der Waals surface area contributed by atoms with Gasteiger partial charge in [-0.05, 0) is 91.3 Å². The number of hydrazone groups is 1. The van der Waals surface area contributed by atoms with Crippen LogP contribution in [0.25, 0.3) is 6.08 Å². The van der Waals surface area contributed by atoms with Gasteiger partial charge in [0.2, 0.25) is 0 Å². The number of fused-ring (bicyclic) bond motifs is 1. The van der Waals surface area contributed by atoms with Gasteiger partial charge in [0.25, 0.3) is 11.6 Å². The zero-order valence-corrected chi connectivity index (χ0v) is 23.3. The summed E-state index contributed by atoms with van der Waals surface area (Å²) in [6.07, 6.45) is 6.80. The number of rotatable bonds is 5. The number of anilines is 1. The second-order valence-corrected chi connectivity index (χ2v) is 11.4. The fourth-order valence-corrected chi connectivity index (χ4v) is 6.33. The van der Waals surface area contributed by atoms with Crippen LogP contribution in [-0.4, -0.2) is 34.6 Å². The molecule has 204 valence electrons. The zero-order chi connectivity index (χ0) is 27.8. The van der Waals surface area contributed by atoms with Gasteiger partial charge in [-0.25, -0.2) is 5.01 Å². The van der Waals surface area contributed by atoms with Gasteiger partial charge in [0, 0.05) is 40.7 Å². The van der Waals surface area contributed by atoms with Crippen LogP contribution in [0.2, 0.25) is 10.0 Å². The molecule has 3 aliphatic rings. The molecule has 3 aromatic carbocycles. The van der Waals surface area contributed by atoms with Crippen LogP contribution in [0.3, 0.4) is 0 Å². The molecule has 2 aliphatic heterocycles. The van der Waals surface area contributed by atoms with Gasteiger partial charge in [-0.3, -0.25) is 14.9 Å². The van der Waals surface area contributed by atoms with Crippen molar-refractivity contribution in [3.8, 4) is 0 Å². The molecule has 1 saturated carbocycles. The largest absolute Gasteiger partial charge is 0.366 e. The first kappa shape index (κ1) is 26.5. The molecule has 1 amide bonds. The highest BCUT2D eigenvalue weighted by atomic mass is 35.5. The van der Waals surface area contributed by atoms with Crippen molar-refractivity contribution in [3.63, 3.8) is 0 Å². The molecule has 9 heteroatoms. The highest BCUT2D eigenvalue weighted by molar-refractivity contribution is 6.30. The summed E-state index contributed by atoms with van der Waals surface area (Å²) in [5.41, 5.74) is 4.67. The lowest BCUT2D eigenvalue weighted by Crippen LogP contribution is -2.32. The number of allylic oxidation sites excluding steroid dienone is 1. The minimum atomic E-state index is -0.399. The first-order valence-corrected chi connectivity index (χ1v) is 14.3. The van der Waals surface area contributed by atoms with E-state index in [1.165, 1.54) is 11.1 Å². The third-order valence-corrected chi connectivity index (χ3v) is 8.50. The number of amides is 1. The van der Waals surface area contributed by atoms with Crippen molar-refractivity contribution in [2.45, 2.75) is 38.1 Å². The zero-order valence-electron chi connectivity index (χ0n) is 21.8. The predicted molar refractivity (Wildman–Crippen MR) is 159 cm³/mol. The Labute approximate surface area is 242 Å². The number of nitro benzene ring substituents is 1. The van der Waals surface area contributed by atoms with E-state index in [1.54, 1.807) is 12.1 Å². The third kappa shape index (κ3) is 5.11. The van der Waals surface area contributed by atoms with Crippen LogP contribution >= 0.6 is 23.2 Å². The maximum absolute atomic E-state index is 14.1. The summed E-state index contributed by atoms with van der Waals surface area (Å²) in [5.74, 6) is -0.361. The Hall–Kier alpha value is -3.68. The average Bonchev–Trinajstić information content (AvgIpc) is 3.63. The van der Waals surface area contributed by atoms with E-state index in [0.717, 1.165) is 67.6 Å². The molecule has 6 rings (SSSR count). The maximum atomic E-state index is 14.1. The Kier molecular flexibility index (Phi) is 7.34. The molecular weight excluding hydrogens is 547 g/mol. The van der Waals surface area contributed by atoms with Crippen LogP contribution in [0.15, 0.2) is 77.4 Å². The topological polar surface area (TPSA) is 79.0 Å². The summed E-state index contributed by atoms with van der Waals surface area (Å²) < 4.78 is 0. The normalized spacial score (nSPS) is 21.4. The van der Waals surface area contributed by atoms with Crippen LogP contribution in [0.4, 0.5) is 11.4 Å². The van der Waals surface area contributed by atoms with E-state index in [-0.39, 0.29) is 29.1 Å². The van der Waals surface area contributed by atoms with Gasteiger partial charge in [0.1, 0.15) is 5.69 Å². The molecule has 40 heavy (non-hydrogen) atoms. The summed E-state index contributed by atoms with van der Waals surface area (Å²) >= 11 is 12.3. The second kappa shape index (κ2) is 11.1. The summed E-state index contributed by atoms with van der Waals surface area (Å²) in [7, 11) is 0. The van der Waals surface area contributed by atoms with Crippen LogP contribution in [0.1, 0.15) is 59.6 Å². The SMILES string of the molecule is O=C(c1ccc(N2CCCC2)c([N+](=O)[O-])c1)N1N=C2/C(=C\c3ccc(Cl)cc3)CCCC2C1c1ccc(Cl)cc1. The van der Waals surface area contributed by atoms with Crippen LogP contribution in [-0.2, 0) is 0 Å². The van der Waals surface area contributed by atoms with Gasteiger partial charge in [-0.1, -0.05) is 47.5 Å². The quantitative estimate of drug-likeness (QED) is 0.229. The van der Waals surface area contributed by atoms with E-state index < -0.39 is 4.92 Å². The molecule has 2 heterocycles. The average molecular weight is 575 g/mol. The van der Waals surface area contributed by atoms with Crippen molar-refractivity contribution >= 4 is 52.3 Å². The Morgan fingerprint density at radius 2 is 1.62 bits per heavy atom. The van der Waals surface area contributed by atoms with Gasteiger partial charge in [0.05, 0.1) is 16.7 Å². The molecule has 0 N–H and O–H groups in total. The molecule has 0 aromatic heterocycles. The van der Waals surface area contributed by atoms with Gasteiger partial charge >= 0.3 is 0 Å². The van der Waals surface area contributed by atoms with E-state index >= 15 is 0 Å². The van der Waals surface area contributed by atoms with Crippen molar-refractivity contribution in [2.24, 2.45) is 11.0 Å². The van der Waals surface area contributed by atoms with Crippen LogP contribution in [0, 0.1) is 16.0 Å². The highest BCUT2D eigenvalue weighted by Crippen LogP contribution is 2.45. The second-order valence-electron chi connectivity index (χ2n) is 10.5. The summed E-state index contributed by atoms with van der Waals surface area (Å²) in [4.78, 5) is 27.7. The van der Waals surface area contributed by atoms with Gasteiger partial charge < -0.3 is 4.90 Å². The molecule has 3 aromatic rings. The monoisotopic (exact) mass is 574 g/mol. The molecule has 2 unspecified atom stereocenters. The van der Waals surface area contributed by atoms with Crippen LogP contribution < -0.4 is 4.90 Å². The Morgan fingerprint density at radius 3 is 2.30 bits per heavy atom. The smallest absolute Gasteiger partial charge is 0.293 e. The van der Waals surface area contributed by atoms with E-state index in [0.29, 0.717) is 15.7 Å². The molecule has 0 spiro atoms. The maximum Gasteiger partial charge on any atom is 0.293 e. The lowest BCUT2D eigenvalue weighted by atomic mass is 9.77. The Balaban J connectivity index is 1.41.